The van der Waals surface area contributed by atoms with Gasteiger partial charge >= 0.3 is 0 Å². The van der Waals surface area contributed by atoms with Crippen molar-refractivity contribution in [1.82, 2.24) is 15.1 Å². The molecule has 0 spiro atoms. The second kappa shape index (κ2) is 6.95. The lowest BCUT2D eigenvalue weighted by molar-refractivity contribution is 0.471. The molecule has 0 aliphatic carbocycles. The molecule has 1 heterocycles. The molecular formula is C15H21N3O. The predicted octanol–water partition coefficient (Wildman–Crippen LogP) is 3.19. The van der Waals surface area contributed by atoms with Crippen LogP contribution >= 0.6 is 0 Å². The van der Waals surface area contributed by atoms with Gasteiger partial charge in [0.2, 0.25) is 0 Å². The summed E-state index contributed by atoms with van der Waals surface area (Å²) in [5.74, 6) is 1.67. The number of rotatable bonds is 7. The monoisotopic (exact) mass is 259 g/mol. The number of hydrogen-bond donors (Lipinski definition) is 1. The fraction of sp³-hybridized carbons (Fsp3) is 0.400. The zero-order valence-corrected chi connectivity index (χ0v) is 11.6. The first-order valence-corrected chi connectivity index (χ1v) is 6.82. The molecular weight excluding hydrogens is 238 g/mol. The number of hydrogen-bond acceptors (Lipinski definition) is 3. The number of benzene rings is 1. The Labute approximate surface area is 114 Å². The summed E-state index contributed by atoms with van der Waals surface area (Å²) in [5.41, 5.74) is 1.17. The van der Waals surface area contributed by atoms with Crippen LogP contribution in [0.1, 0.15) is 25.8 Å². The van der Waals surface area contributed by atoms with Crippen molar-refractivity contribution in [2.75, 3.05) is 6.54 Å². The molecule has 0 unspecified atom stereocenters. The Hall–Kier alpha value is -1.81. The van der Waals surface area contributed by atoms with Crippen LogP contribution in [0.5, 0.6) is 11.5 Å². The van der Waals surface area contributed by atoms with Crippen LogP contribution < -0.4 is 10.1 Å². The zero-order valence-electron chi connectivity index (χ0n) is 11.6. The average Bonchev–Trinajstić information content (AvgIpc) is 2.89. The summed E-state index contributed by atoms with van der Waals surface area (Å²) < 4.78 is 7.75. The highest BCUT2D eigenvalue weighted by Crippen LogP contribution is 2.24. The maximum atomic E-state index is 5.90. The fourth-order valence-corrected chi connectivity index (χ4v) is 1.85. The van der Waals surface area contributed by atoms with Crippen LogP contribution in [0.2, 0.25) is 0 Å². The Morgan fingerprint density at radius 2 is 2.11 bits per heavy atom. The SMILES string of the molecule is CCCNCc1ccccc1Oc1cnn(CC)c1. The van der Waals surface area contributed by atoms with Crippen LogP contribution in [-0.4, -0.2) is 16.3 Å². The maximum absolute atomic E-state index is 5.90. The van der Waals surface area contributed by atoms with Gasteiger partial charge in [0.05, 0.1) is 12.4 Å². The largest absolute Gasteiger partial charge is 0.454 e. The molecule has 0 atom stereocenters. The van der Waals surface area contributed by atoms with Gasteiger partial charge in [-0.3, -0.25) is 4.68 Å². The normalized spacial score (nSPS) is 10.6. The molecule has 0 aliphatic rings. The predicted molar refractivity (Wildman–Crippen MR) is 76.4 cm³/mol. The number of aryl methyl sites for hydroxylation is 1. The van der Waals surface area contributed by atoms with E-state index < -0.39 is 0 Å². The molecule has 2 rings (SSSR count). The van der Waals surface area contributed by atoms with Crippen molar-refractivity contribution in [2.24, 2.45) is 0 Å². The van der Waals surface area contributed by atoms with E-state index in [1.807, 2.05) is 29.1 Å². The molecule has 0 amide bonds. The second-order valence-corrected chi connectivity index (χ2v) is 4.42. The van der Waals surface area contributed by atoms with Crippen molar-refractivity contribution in [3.05, 3.63) is 42.2 Å². The van der Waals surface area contributed by atoms with Crippen LogP contribution in [0.25, 0.3) is 0 Å². The van der Waals surface area contributed by atoms with Gasteiger partial charge in [0.1, 0.15) is 5.75 Å². The quantitative estimate of drug-likeness (QED) is 0.776. The molecule has 102 valence electrons. The van der Waals surface area contributed by atoms with Crippen LogP contribution in [0.3, 0.4) is 0 Å². The first-order valence-electron chi connectivity index (χ1n) is 6.82. The molecule has 0 fully saturated rings. The molecule has 19 heavy (non-hydrogen) atoms. The lowest BCUT2D eigenvalue weighted by Gasteiger charge is -2.10. The van der Waals surface area contributed by atoms with Gasteiger partial charge in [-0.15, -0.1) is 0 Å². The van der Waals surface area contributed by atoms with Gasteiger partial charge in [-0.05, 0) is 26.0 Å². The van der Waals surface area contributed by atoms with E-state index in [0.717, 1.165) is 37.6 Å². The lowest BCUT2D eigenvalue weighted by Crippen LogP contribution is -2.14. The third-order valence-electron chi connectivity index (χ3n) is 2.88. The summed E-state index contributed by atoms with van der Waals surface area (Å²) in [6.07, 6.45) is 4.79. The molecule has 0 saturated carbocycles. The minimum absolute atomic E-state index is 0.782. The van der Waals surface area contributed by atoms with Gasteiger partial charge in [0.15, 0.2) is 5.75 Å². The molecule has 1 aromatic carbocycles. The summed E-state index contributed by atoms with van der Waals surface area (Å²) in [4.78, 5) is 0. The van der Waals surface area contributed by atoms with E-state index in [1.54, 1.807) is 6.20 Å². The highest BCUT2D eigenvalue weighted by Gasteiger charge is 2.05. The number of nitrogens with one attached hydrogen (secondary N) is 1. The first kappa shape index (κ1) is 13.6. The van der Waals surface area contributed by atoms with Gasteiger partial charge < -0.3 is 10.1 Å². The molecule has 4 heteroatoms. The fourth-order valence-electron chi connectivity index (χ4n) is 1.85. The van der Waals surface area contributed by atoms with E-state index in [1.165, 1.54) is 5.56 Å². The van der Waals surface area contributed by atoms with Crippen LogP contribution in [0, 0.1) is 0 Å². The number of ether oxygens (including phenoxy) is 1. The Kier molecular flexibility index (Phi) is 4.98. The Balaban J connectivity index is 2.06. The van der Waals surface area contributed by atoms with Crippen molar-refractivity contribution >= 4 is 0 Å². The summed E-state index contributed by atoms with van der Waals surface area (Å²) in [6, 6.07) is 8.10. The van der Waals surface area contributed by atoms with E-state index >= 15 is 0 Å². The van der Waals surface area contributed by atoms with E-state index in [0.29, 0.717) is 0 Å². The number of nitrogens with zero attached hydrogens (tertiary/aromatic N) is 2. The third kappa shape index (κ3) is 3.83. The minimum atomic E-state index is 0.782. The molecule has 2 aromatic rings. The highest BCUT2D eigenvalue weighted by molar-refractivity contribution is 5.36. The van der Waals surface area contributed by atoms with Crippen LogP contribution in [0.4, 0.5) is 0 Å². The standard InChI is InChI=1S/C15H21N3O/c1-3-9-16-10-13-7-5-6-8-15(13)19-14-11-17-18(4-2)12-14/h5-8,11-12,16H,3-4,9-10H2,1-2H3. The Bertz CT molecular complexity index is 508. The summed E-state index contributed by atoms with van der Waals surface area (Å²) in [5, 5.41) is 7.61. The van der Waals surface area contributed by atoms with Crippen molar-refractivity contribution in [1.29, 1.82) is 0 Å². The highest BCUT2D eigenvalue weighted by atomic mass is 16.5. The van der Waals surface area contributed by atoms with Crippen molar-refractivity contribution in [2.45, 2.75) is 33.4 Å². The summed E-state index contributed by atoms with van der Waals surface area (Å²) in [6.45, 7) is 6.91. The Morgan fingerprint density at radius 3 is 2.84 bits per heavy atom. The van der Waals surface area contributed by atoms with E-state index in [2.05, 4.69) is 30.3 Å². The lowest BCUT2D eigenvalue weighted by atomic mass is 10.2. The number of aromatic nitrogens is 2. The van der Waals surface area contributed by atoms with Gasteiger partial charge in [-0.1, -0.05) is 25.1 Å². The topological polar surface area (TPSA) is 39.1 Å². The maximum Gasteiger partial charge on any atom is 0.165 e. The van der Waals surface area contributed by atoms with Gasteiger partial charge in [0, 0.05) is 18.7 Å². The van der Waals surface area contributed by atoms with E-state index in [4.69, 9.17) is 4.74 Å². The van der Waals surface area contributed by atoms with Gasteiger partial charge in [-0.2, -0.15) is 5.10 Å². The molecule has 4 nitrogen and oxygen atoms in total. The molecule has 0 saturated heterocycles. The van der Waals surface area contributed by atoms with Gasteiger partial charge in [-0.25, -0.2) is 0 Å². The summed E-state index contributed by atoms with van der Waals surface area (Å²) >= 11 is 0. The zero-order chi connectivity index (χ0) is 13.5. The Morgan fingerprint density at radius 1 is 1.26 bits per heavy atom. The first-order chi connectivity index (χ1) is 9.33. The molecule has 1 aromatic heterocycles. The van der Waals surface area contributed by atoms with Gasteiger partial charge in [0.25, 0.3) is 0 Å². The number of para-hydroxylation sites is 1. The van der Waals surface area contributed by atoms with Crippen LogP contribution in [-0.2, 0) is 13.1 Å². The smallest absolute Gasteiger partial charge is 0.165 e. The molecule has 1 N–H and O–H groups in total. The summed E-state index contributed by atoms with van der Waals surface area (Å²) in [7, 11) is 0. The van der Waals surface area contributed by atoms with Crippen molar-refractivity contribution < 1.29 is 4.74 Å². The van der Waals surface area contributed by atoms with E-state index in [9.17, 15) is 0 Å². The average molecular weight is 259 g/mol. The minimum Gasteiger partial charge on any atom is -0.454 e. The molecule has 0 bridgehead atoms. The second-order valence-electron chi connectivity index (χ2n) is 4.42. The van der Waals surface area contributed by atoms with Crippen molar-refractivity contribution in [3.8, 4) is 11.5 Å². The van der Waals surface area contributed by atoms with Crippen LogP contribution in [0.15, 0.2) is 36.7 Å². The van der Waals surface area contributed by atoms with Crippen molar-refractivity contribution in [3.63, 3.8) is 0 Å². The molecule has 0 radical (unpaired) electrons. The third-order valence-corrected chi connectivity index (χ3v) is 2.88. The molecule has 0 aliphatic heterocycles. The van der Waals surface area contributed by atoms with E-state index in [-0.39, 0.29) is 0 Å².